The Hall–Kier alpha value is -1.59. The predicted molar refractivity (Wildman–Crippen MR) is 129 cm³/mol. The van der Waals surface area contributed by atoms with Gasteiger partial charge in [0, 0.05) is 51.3 Å². The molecule has 5 heteroatoms. The summed E-state index contributed by atoms with van der Waals surface area (Å²) >= 11 is 0. The zero-order chi connectivity index (χ0) is 21.5. The van der Waals surface area contributed by atoms with Gasteiger partial charge in [-0.3, -0.25) is 4.99 Å². The first kappa shape index (κ1) is 22.6. The molecule has 2 atom stereocenters. The van der Waals surface area contributed by atoms with Crippen LogP contribution in [0.3, 0.4) is 0 Å². The molecular formula is C26H42N4O. The van der Waals surface area contributed by atoms with Crippen molar-refractivity contribution in [1.29, 1.82) is 0 Å². The second-order valence-corrected chi connectivity index (χ2v) is 9.80. The molecule has 0 spiro atoms. The number of benzene rings is 1. The van der Waals surface area contributed by atoms with Gasteiger partial charge in [0.05, 0.1) is 6.10 Å². The van der Waals surface area contributed by atoms with E-state index in [4.69, 9.17) is 4.74 Å². The zero-order valence-electron chi connectivity index (χ0n) is 19.6. The summed E-state index contributed by atoms with van der Waals surface area (Å²) in [6.45, 7) is 6.36. The third kappa shape index (κ3) is 6.23. The van der Waals surface area contributed by atoms with Crippen molar-refractivity contribution >= 4 is 5.96 Å². The Labute approximate surface area is 189 Å². The average molecular weight is 427 g/mol. The third-order valence-corrected chi connectivity index (χ3v) is 7.57. The molecule has 2 N–H and O–H groups in total. The molecule has 5 nitrogen and oxygen atoms in total. The Morgan fingerprint density at radius 3 is 2.45 bits per heavy atom. The van der Waals surface area contributed by atoms with Crippen molar-refractivity contribution in [1.82, 2.24) is 15.5 Å². The number of piperidine rings is 1. The monoisotopic (exact) mass is 426 g/mol. The van der Waals surface area contributed by atoms with Crippen LogP contribution in [0.1, 0.15) is 75.0 Å². The van der Waals surface area contributed by atoms with Gasteiger partial charge in [-0.1, -0.05) is 49.1 Å². The molecule has 4 rings (SSSR count). The Morgan fingerprint density at radius 1 is 1.00 bits per heavy atom. The second-order valence-electron chi connectivity index (χ2n) is 9.80. The molecule has 172 valence electrons. The van der Waals surface area contributed by atoms with Gasteiger partial charge in [0.1, 0.15) is 0 Å². The molecule has 2 saturated heterocycles. The maximum atomic E-state index is 6.20. The SMILES string of the molecule is CN=C(NCC1CCCOC1c1ccc(C)cc1)NC1CCN(C2CCCCC2)CC1. The first-order chi connectivity index (χ1) is 15.2. The Balaban J connectivity index is 1.25. The normalized spacial score (nSPS) is 27.2. The summed E-state index contributed by atoms with van der Waals surface area (Å²) in [5, 5.41) is 7.32. The molecule has 2 unspecified atom stereocenters. The number of aryl methyl sites for hydroxylation is 1. The van der Waals surface area contributed by atoms with Crippen LogP contribution in [0.4, 0.5) is 0 Å². The molecule has 1 aromatic carbocycles. The second kappa shape index (κ2) is 11.3. The largest absolute Gasteiger partial charge is 0.373 e. The van der Waals surface area contributed by atoms with E-state index in [1.54, 1.807) is 0 Å². The Bertz CT molecular complexity index is 690. The van der Waals surface area contributed by atoms with Crippen LogP contribution in [0.15, 0.2) is 29.3 Å². The highest BCUT2D eigenvalue weighted by Crippen LogP contribution is 2.33. The highest BCUT2D eigenvalue weighted by molar-refractivity contribution is 5.80. The highest BCUT2D eigenvalue weighted by Gasteiger charge is 2.29. The van der Waals surface area contributed by atoms with E-state index < -0.39 is 0 Å². The van der Waals surface area contributed by atoms with Crippen LogP contribution >= 0.6 is 0 Å². The van der Waals surface area contributed by atoms with Gasteiger partial charge in [-0.25, -0.2) is 0 Å². The van der Waals surface area contributed by atoms with Gasteiger partial charge < -0.3 is 20.3 Å². The van der Waals surface area contributed by atoms with Crippen LogP contribution in [0.25, 0.3) is 0 Å². The van der Waals surface area contributed by atoms with Crippen molar-refractivity contribution in [2.75, 3.05) is 33.3 Å². The number of likely N-dealkylation sites (tertiary alicyclic amines) is 1. The Morgan fingerprint density at radius 2 is 1.74 bits per heavy atom. The van der Waals surface area contributed by atoms with Gasteiger partial charge >= 0.3 is 0 Å². The van der Waals surface area contributed by atoms with E-state index in [1.807, 2.05) is 7.05 Å². The van der Waals surface area contributed by atoms with Crippen molar-refractivity contribution in [2.24, 2.45) is 10.9 Å². The van der Waals surface area contributed by atoms with Gasteiger partial charge in [0.15, 0.2) is 5.96 Å². The van der Waals surface area contributed by atoms with E-state index in [0.29, 0.717) is 12.0 Å². The predicted octanol–water partition coefficient (Wildman–Crippen LogP) is 4.42. The molecule has 1 aliphatic carbocycles. The van der Waals surface area contributed by atoms with Crippen molar-refractivity contribution in [3.8, 4) is 0 Å². The van der Waals surface area contributed by atoms with Gasteiger partial charge in [0.2, 0.25) is 0 Å². The van der Waals surface area contributed by atoms with Crippen LogP contribution in [0, 0.1) is 12.8 Å². The molecule has 3 fully saturated rings. The number of aliphatic imine (C=N–C) groups is 1. The number of hydrogen-bond donors (Lipinski definition) is 2. The fourth-order valence-electron chi connectivity index (χ4n) is 5.65. The molecular weight excluding hydrogens is 384 g/mol. The molecule has 1 aromatic rings. The van der Waals surface area contributed by atoms with E-state index in [0.717, 1.165) is 31.6 Å². The lowest BCUT2D eigenvalue weighted by Crippen LogP contribution is -2.51. The van der Waals surface area contributed by atoms with E-state index in [1.165, 1.54) is 75.6 Å². The number of nitrogens with zero attached hydrogens (tertiary/aromatic N) is 2. The fraction of sp³-hybridized carbons (Fsp3) is 0.731. The number of guanidine groups is 1. The van der Waals surface area contributed by atoms with Crippen LogP contribution < -0.4 is 10.6 Å². The zero-order valence-corrected chi connectivity index (χ0v) is 19.6. The van der Waals surface area contributed by atoms with E-state index >= 15 is 0 Å². The van der Waals surface area contributed by atoms with Crippen LogP contribution in [0.2, 0.25) is 0 Å². The standard InChI is InChI=1S/C26H42N4O/c1-20-10-12-21(13-11-20)25-22(7-6-18-31-25)19-28-26(27-2)29-23-14-16-30(17-15-23)24-8-4-3-5-9-24/h10-13,22-25H,3-9,14-19H2,1-2H3,(H2,27,28,29). The molecule has 0 aromatic heterocycles. The van der Waals surface area contributed by atoms with Crippen molar-refractivity contribution in [3.05, 3.63) is 35.4 Å². The summed E-state index contributed by atoms with van der Waals surface area (Å²) in [6.07, 6.45) is 12.1. The van der Waals surface area contributed by atoms with E-state index in [-0.39, 0.29) is 6.10 Å². The lowest BCUT2D eigenvalue weighted by Gasteiger charge is -2.40. The number of nitrogens with one attached hydrogen (secondary N) is 2. The number of hydrogen-bond acceptors (Lipinski definition) is 3. The number of rotatable bonds is 5. The van der Waals surface area contributed by atoms with Crippen LogP contribution in [-0.2, 0) is 4.74 Å². The maximum absolute atomic E-state index is 6.20. The quantitative estimate of drug-likeness (QED) is 0.540. The van der Waals surface area contributed by atoms with Crippen molar-refractivity contribution in [2.45, 2.75) is 82.9 Å². The molecule has 2 aliphatic heterocycles. The lowest BCUT2D eigenvalue weighted by molar-refractivity contribution is -0.0265. The summed E-state index contributed by atoms with van der Waals surface area (Å²) in [7, 11) is 1.89. The molecule has 0 radical (unpaired) electrons. The molecule has 3 aliphatic rings. The Kier molecular flexibility index (Phi) is 8.26. The summed E-state index contributed by atoms with van der Waals surface area (Å²) < 4.78 is 6.20. The van der Waals surface area contributed by atoms with Crippen molar-refractivity contribution < 1.29 is 4.74 Å². The van der Waals surface area contributed by atoms with Gasteiger partial charge in [-0.2, -0.15) is 0 Å². The summed E-state index contributed by atoms with van der Waals surface area (Å²) in [4.78, 5) is 7.27. The van der Waals surface area contributed by atoms with Gasteiger partial charge in [-0.05, 0) is 51.0 Å². The van der Waals surface area contributed by atoms with Gasteiger partial charge in [0.25, 0.3) is 0 Å². The first-order valence-corrected chi connectivity index (χ1v) is 12.6. The topological polar surface area (TPSA) is 48.9 Å². The van der Waals surface area contributed by atoms with E-state index in [2.05, 4.69) is 51.7 Å². The van der Waals surface area contributed by atoms with E-state index in [9.17, 15) is 0 Å². The van der Waals surface area contributed by atoms with Crippen LogP contribution in [0.5, 0.6) is 0 Å². The van der Waals surface area contributed by atoms with Crippen LogP contribution in [-0.4, -0.2) is 56.2 Å². The first-order valence-electron chi connectivity index (χ1n) is 12.6. The third-order valence-electron chi connectivity index (χ3n) is 7.57. The number of ether oxygens (including phenoxy) is 1. The lowest BCUT2D eigenvalue weighted by atomic mass is 9.89. The molecule has 1 saturated carbocycles. The molecule has 2 heterocycles. The minimum absolute atomic E-state index is 0.179. The highest BCUT2D eigenvalue weighted by atomic mass is 16.5. The summed E-state index contributed by atoms with van der Waals surface area (Å²) in [5.74, 6) is 1.42. The maximum Gasteiger partial charge on any atom is 0.191 e. The molecule has 0 amide bonds. The smallest absolute Gasteiger partial charge is 0.191 e. The summed E-state index contributed by atoms with van der Waals surface area (Å²) in [5.41, 5.74) is 2.60. The fourth-order valence-corrected chi connectivity index (χ4v) is 5.65. The minimum atomic E-state index is 0.179. The average Bonchev–Trinajstić information content (AvgIpc) is 2.83. The van der Waals surface area contributed by atoms with Gasteiger partial charge in [-0.15, -0.1) is 0 Å². The molecule has 31 heavy (non-hydrogen) atoms. The molecule has 0 bridgehead atoms. The van der Waals surface area contributed by atoms with Crippen molar-refractivity contribution in [3.63, 3.8) is 0 Å². The summed E-state index contributed by atoms with van der Waals surface area (Å²) in [6, 6.07) is 10.2. The minimum Gasteiger partial charge on any atom is -0.373 e.